The number of aryl methyl sites for hydroxylation is 1. The van der Waals surface area contributed by atoms with E-state index < -0.39 is 0 Å². The van der Waals surface area contributed by atoms with E-state index in [1.807, 2.05) is 31.6 Å². The molecule has 4 saturated carbocycles. The van der Waals surface area contributed by atoms with E-state index in [0.717, 1.165) is 56.8 Å². The molecule has 1 aromatic heterocycles. The molecular formula is C24H40Cl2N4O. The molecule has 0 aliphatic heterocycles. The van der Waals surface area contributed by atoms with Crippen molar-refractivity contribution in [3.05, 3.63) is 30.1 Å². The lowest BCUT2D eigenvalue weighted by atomic mass is 9.49. The van der Waals surface area contributed by atoms with Gasteiger partial charge in [0.1, 0.15) is 0 Å². The quantitative estimate of drug-likeness (QED) is 0.487. The second-order valence-corrected chi connectivity index (χ2v) is 9.95. The lowest BCUT2D eigenvalue weighted by Crippen LogP contribution is -2.49. The van der Waals surface area contributed by atoms with Crippen LogP contribution in [0.3, 0.4) is 0 Å². The Morgan fingerprint density at radius 3 is 2.23 bits per heavy atom. The summed E-state index contributed by atoms with van der Waals surface area (Å²) in [6.07, 6.45) is 15.5. The van der Waals surface area contributed by atoms with Gasteiger partial charge in [-0.15, -0.1) is 24.8 Å². The van der Waals surface area contributed by atoms with E-state index in [1.165, 1.54) is 50.5 Å². The number of nitrogens with one attached hydrogen (secondary N) is 2. The summed E-state index contributed by atoms with van der Waals surface area (Å²) in [5.41, 5.74) is 1.82. The largest absolute Gasteiger partial charge is 0.338 e. The molecular weight excluding hydrogens is 431 g/mol. The molecule has 7 heteroatoms. The maximum Gasteiger partial charge on any atom is 0.317 e. The third-order valence-electron chi connectivity index (χ3n) is 7.66. The Labute approximate surface area is 200 Å². The van der Waals surface area contributed by atoms with Crippen molar-refractivity contribution in [2.75, 3.05) is 33.2 Å². The number of urea groups is 1. The van der Waals surface area contributed by atoms with Crippen LogP contribution in [-0.4, -0.2) is 49.1 Å². The molecule has 0 unspecified atom stereocenters. The average molecular weight is 472 g/mol. The second kappa shape index (κ2) is 12.3. The molecule has 1 heterocycles. The van der Waals surface area contributed by atoms with Gasteiger partial charge in [0, 0.05) is 38.6 Å². The van der Waals surface area contributed by atoms with Gasteiger partial charge in [-0.3, -0.25) is 4.98 Å². The number of pyridine rings is 1. The highest BCUT2D eigenvalue weighted by atomic mass is 35.5. The van der Waals surface area contributed by atoms with Crippen molar-refractivity contribution >= 4 is 30.8 Å². The molecule has 1 aromatic rings. The maximum atomic E-state index is 12.9. The van der Waals surface area contributed by atoms with Gasteiger partial charge in [0.25, 0.3) is 0 Å². The van der Waals surface area contributed by atoms with Crippen LogP contribution in [0.25, 0.3) is 0 Å². The summed E-state index contributed by atoms with van der Waals surface area (Å²) in [7, 11) is 1.96. The number of aromatic nitrogens is 1. The Balaban J connectivity index is 0.00000171. The summed E-state index contributed by atoms with van der Waals surface area (Å²) in [6, 6.07) is 4.21. The predicted molar refractivity (Wildman–Crippen MR) is 131 cm³/mol. The molecule has 0 atom stereocenters. The summed E-state index contributed by atoms with van der Waals surface area (Å²) < 4.78 is 0. The van der Waals surface area contributed by atoms with E-state index in [4.69, 9.17) is 0 Å². The van der Waals surface area contributed by atoms with Gasteiger partial charge in [0.05, 0.1) is 0 Å². The minimum absolute atomic E-state index is 0. The molecule has 0 radical (unpaired) electrons. The SMILES string of the molecule is CNCCN(CCC12CC3CC(CC(C3)C1)C2)C(=O)NCCCc1ccncc1.Cl.Cl. The van der Waals surface area contributed by atoms with Crippen molar-refractivity contribution in [3.63, 3.8) is 0 Å². The Bertz CT molecular complexity index is 638. The number of hydrogen-bond donors (Lipinski definition) is 2. The topological polar surface area (TPSA) is 57.3 Å². The van der Waals surface area contributed by atoms with Crippen LogP contribution in [0.4, 0.5) is 4.79 Å². The van der Waals surface area contributed by atoms with Crippen molar-refractivity contribution in [3.8, 4) is 0 Å². The third kappa shape index (κ3) is 6.97. The fraction of sp³-hybridized carbons (Fsp3) is 0.750. The first-order valence-corrected chi connectivity index (χ1v) is 11.7. The Morgan fingerprint density at radius 1 is 1.03 bits per heavy atom. The van der Waals surface area contributed by atoms with Crippen LogP contribution in [0.1, 0.15) is 56.9 Å². The molecule has 2 amide bonds. The highest BCUT2D eigenvalue weighted by Gasteiger charge is 2.50. The summed E-state index contributed by atoms with van der Waals surface area (Å²) >= 11 is 0. The standard InChI is InChI=1S/C24H38N4O.2ClH/c1-25-10-12-28(23(29)27-7-2-3-19-4-8-26-9-5-19)11-6-24-16-20-13-21(17-24)15-22(14-20)18-24;;/h4-5,8-9,20-22,25H,2-3,6-7,10-18H2,1H3,(H,27,29);2*1H. The molecule has 4 aliphatic rings. The van der Waals surface area contributed by atoms with E-state index >= 15 is 0 Å². The third-order valence-corrected chi connectivity index (χ3v) is 7.66. The summed E-state index contributed by atoms with van der Waals surface area (Å²) in [5, 5.41) is 6.37. The normalized spacial score (nSPS) is 27.8. The van der Waals surface area contributed by atoms with E-state index in [0.29, 0.717) is 5.41 Å². The smallest absolute Gasteiger partial charge is 0.317 e. The zero-order chi connectivity index (χ0) is 20.1. The average Bonchev–Trinajstić information content (AvgIpc) is 2.71. The first-order chi connectivity index (χ1) is 14.2. The number of nitrogens with zero attached hydrogens (tertiary/aromatic N) is 2. The number of likely N-dealkylation sites (N-methyl/N-ethyl adjacent to an activating group) is 1. The van der Waals surface area contributed by atoms with Crippen molar-refractivity contribution in [2.24, 2.45) is 23.2 Å². The zero-order valence-corrected chi connectivity index (χ0v) is 20.5. The fourth-order valence-electron chi connectivity index (χ4n) is 6.68. The van der Waals surface area contributed by atoms with Crippen molar-refractivity contribution in [2.45, 2.75) is 57.8 Å². The van der Waals surface area contributed by atoms with Crippen LogP contribution in [0.2, 0.25) is 0 Å². The number of rotatable bonds is 10. The number of halogens is 2. The van der Waals surface area contributed by atoms with E-state index in [-0.39, 0.29) is 30.8 Å². The van der Waals surface area contributed by atoms with Crippen molar-refractivity contribution in [1.82, 2.24) is 20.5 Å². The van der Waals surface area contributed by atoms with Crippen LogP contribution < -0.4 is 10.6 Å². The summed E-state index contributed by atoms with van der Waals surface area (Å²) in [4.78, 5) is 19.0. The number of hydrogen-bond acceptors (Lipinski definition) is 3. The number of carbonyl (C=O) groups excluding carboxylic acids is 1. The van der Waals surface area contributed by atoms with E-state index in [1.54, 1.807) is 0 Å². The molecule has 4 fully saturated rings. The first-order valence-electron chi connectivity index (χ1n) is 11.7. The monoisotopic (exact) mass is 470 g/mol. The van der Waals surface area contributed by atoms with Gasteiger partial charge in [-0.25, -0.2) is 4.79 Å². The van der Waals surface area contributed by atoms with Crippen LogP contribution >= 0.6 is 24.8 Å². The van der Waals surface area contributed by atoms with Gasteiger partial charge < -0.3 is 15.5 Å². The van der Waals surface area contributed by atoms with Crippen LogP contribution in [0.15, 0.2) is 24.5 Å². The fourth-order valence-corrected chi connectivity index (χ4v) is 6.68. The molecule has 4 aliphatic carbocycles. The first kappa shape index (κ1) is 26.2. The van der Waals surface area contributed by atoms with Gasteiger partial charge in [-0.1, -0.05) is 0 Å². The van der Waals surface area contributed by atoms with Crippen molar-refractivity contribution in [1.29, 1.82) is 0 Å². The second-order valence-electron chi connectivity index (χ2n) is 9.95. The summed E-state index contributed by atoms with van der Waals surface area (Å²) in [5.74, 6) is 2.94. The minimum Gasteiger partial charge on any atom is -0.338 e. The van der Waals surface area contributed by atoms with Gasteiger partial charge in [-0.05, 0) is 106 Å². The number of amides is 2. The molecule has 5 nitrogen and oxygen atoms in total. The van der Waals surface area contributed by atoms with Gasteiger partial charge in [-0.2, -0.15) is 0 Å². The van der Waals surface area contributed by atoms with Crippen LogP contribution in [0.5, 0.6) is 0 Å². The molecule has 0 aromatic carbocycles. The predicted octanol–water partition coefficient (Wildman–Crippen LogP) is 4.70. The zero-order valence-electron chi connectivity index (χ0n) is 18.9. The molecule has 0 saturated heterocycles. The van der Waals surface area contributed by atoms with Gasteiger partial charge in [0.2, 0.25) is 0 Å². The van der Waals surface area contributed by atoms with Crippen molar-refractivity contribution < 1.29 is 4.79 Å². The Kier molecular flexibility index (Phi) is 10.4. The van der Waals surface area contributed by atoms with E-state index in [2.05, 4.69) is 20.5 Å². The highest BCUT2D eigenvalue weighted by molar-refractivity contribution is 5.85. The molecule has 31 heavy (non-hydrogen) atoms. The minimum atomic E-state index is 0. The van der Waals surface area contributed by atoms with Gasteiger partial charge >= 0.3 is 6.03 Å². The summed E-state index contributed by atoms with van der Waals surface area (Å²) in [6.45, 7) is 3.28. The van der Waals surface area contributed by atoms with Crippen LogP contribution in [-0.2, 0) is 6.42 Å². The lowest BCUT2D eigenvalue weighted by molar-refractivity contribution is -0.0595. The number of carbonyl (C=O) groups is 1. The van der Waals surface area contributed by atoms with Gasteiger partial charge in [0.15, 0.2) is 0 Å². The van der Waals surface area contributed by atoms with E-state index in [9.17, 15) is 4.79 Å². The Hall–Kier alpha value is -1.04. The lowest BCUT2D eigenvalue weighted by Gasteiger charge is -2.57. The molecule has 4 bridgehead atoms. The molecule has 0 spiro atoms. The molecule has 2 N–H and O–H groups in total. The molecule has 176 valence electrons. The highest BCUT2D eigenvalue weighted by Crippen LogP contribution is 2.61. The molecule has 5 rings (SSSR count). The Morgan fingerprint density at radius 2 is 1.65 bits per heavy atom. The van der Waals surface area contributed by atoms with Crippen LogP contribution in [0, 0.1) is 23.2 Å². The maximum absolute atomic E-state index is 12.9.